The van der Waals surface area contributed by atoms with E-state index in [1.807, 2.05) is 17.5 Å². The van der Waals surface area contributed by atoms with Gasteiger partial charge in [-0.25, -0.2) is 0 Å². The molecule has 1 aliphatic heterocycles. The van der Waals surface area contributed by atoms with E-state index in [1.165, 1.54) is 9.78 Å². The van der Waals surface area contributed by atoms with Crippen molar-refractivity contribution in [2.45, 2.75) is 12.2 Å². The minimum atomic E-state index is -4.11. The Bertz CT molecular complexity index is 372. The molecule has 1 aromatic heterocycles. The van der Waals surface area contributed by atoms with E-state index in [0.29, 0.717) is 32.7 Å². The lowest BCUT2D eigenvalue weighted by Gasteiger charge is -2.38. The lowest BCUT2D eigenvalue weighted by atomic mass is 10.1. The number of hydrogen-bond acceptors (Lipinski definition) is 4. The van der Waals surface area contributed by atoms with Gasteiger partial charge in [-0.1, -0.05) is 6.07 Å². The Labute approximate surface area is 114 Å². The molecule has 0 spiro atoms. The Morgan fingerprint density at radius 1 is 1.26 bits per heavy atom. The predicted molar refractivity (Wildman–Crippen MR) is 70.2 cm³/mol. The SMILES string of the molecule is NCC(c1cccs1)N1CCN(CC(F)(F)F)CC1. The fraction of sp³-hybridized carbons (Fsp3) is 0.667. The van der Waals surface area contributed by atoms with Gasteiger partial charge in [-0.05, 0) is 11.4 Å². The van der Waals surface area contributed by atoms with Gasteiger partial charge in [0.1, 0.15) is 0 Å². The number of nitrogens with zero attached hydrogens (tertiary/aromatic N) is 2. The van der Waals surface area contributed by atoms with Crippen LogP contribution in [0.2, 0.25) is 0 Å². The van der Waals surface area contributed by atoms with E-state index in [9.17, 15) is 13.2 Å². The van der Waals surface area contributed by atoms with Crippen LogP contribution in [0.3, 0.4) is 0 Å². The summed E-state index contributed by atoms with van der Waals surface area (Å²) in [5, 5.41) is 2.00. The average Bonchev–Trinajstić information content (AvgIpc) is 2.84. The van der Waals surface area contributed by atoms with Crippen molar-refractivity contribution in [1.29, 1.82) is 0 Å². The van der Waals surface area contributed by atoms with Crippen LogP contribution in [0.25, 0.3) is 0 Å². The molecule has 0 bridgehead atoms. The highest BCUT2D eigenvalue weighted by Gasteiger charge is 2.33. The first-order valence-corrected chi connectivity index (χ1v) is 7.14. The number of piperazine rings is 1. The molecule has 2 rings (SSSR count). The molecule has 1 aliphatic rings. The van der Waals surface area contributed by atoms with Crippen LogP contribution in [0, 0.1) is 0 Å². The zero-order chi connectivity index (χ0) is 13.9. The summed E-state index contributed by atoms with van der Waals surface area (Å²) in [5.41, 5.74) is 5.80. The minimum absolute atomic E-state index is 0.132. The topological polar surface area (TPSA) is 32.5 Å². The van der Waals surface area contributed by atoms with Crippen LogP contribution < -0.4 is 5.73 Å². The van der Waals surface area contributed by atoms with Crippen molar-refractivity contribution in [3.8, 4) is 0 Å². The first-order valence-electron chi connectivity index (χ1n) is 6.26. The van der Waals surface area contributed by atoms with E-state index in [1.54, 1.807) is 11.3 Å². The first kappa shape index (κ1) is 14.8. The predicted octanol–water partition coefficient (Wildman–Crippen LogP) is 1.93. The van der Waals surface area contributed by atoms with Crippen molar-refractivity contribution in [2.75, 3.05) is 39.3 Å². The summed E-state index contributed by atoms with van der Waals surface area (Å²) >= 11 is 1.64. The molecule has 1 atom stereocenters. The molecule has 1 aromatic rings. The largest absolute Gasteiger partial charge is 0.401 e. The second kappa shape index (κ2) is 6.21. The zero-order valence-electron chi connectivity index (χ0n) is 10.6. The lowest BCUT2D eigenvalue weighted by molar-refractivity contribution is -0.149. The van der Waals surface area contributed by atoms with Crippen molar-refractivity contribution in [1.82, 2.24) is 9.80 Å². The number of alkyl halides is 3. The van der Waals surface area contributed by atoms with E-state index < -0.39 is 12.7 Å². The second-order valence-electron chi connectivity index (χ2n) is 4.69. The Balaban J connectivity index is 1.88. The number of rotatable bonds is 4. The molecule has 0 amide bonds. The molecule has 7 heteroatoms. The molecular weight excluding hydrogens is 275 g/mol. The van der Waals surface area contributed by atoms with Crippen molar-refractivity contribution < 1.29 is 13.2 Å². The van der Waals surface area contributed by atoms with Gasteiger partial charge >= 0.3 is 6.18 Å². The molecule has 2 heterocycles. The van der Waals surface area contributed by atoms with E-state index in [4.69, 9.17) is 5.73 Å². The number of hydrogen-bond donors (Lipinski definition) is 1. The van der Waals surface area contributed by atoms with E-state index >= 15 is 0 Å². The molecule has 0 saturated carbocycles. The molecule has 0 aromatic carbocycles. The normalized spacial score (nSPS) is 20.6. The standard InChI is InChI=1S/C12H18F3N3S/c13-12(14,15)9-17-3-5-18(6-4-17)10(8-16)11-2-1-7-19-11/h1-2,7,10H,3-6,8-9,16H2. The Morgan fingerprint density at radius 2 is 1.95 bits per heavy atom. The molecule has 0 radical (unpaired) electrons. The minimum Gasteiger partial charge on any atom is -0.329 e. The van der Waals surface area contributed by atoms with Crippen LogP contribution in [-0.2, 0) is 0 Å². The van der Waals surface area contributed by atoms with Gasteiger partial charge in [0, 0.05) is 37.6 Å². The van der Waals surface area contributed by atoms with E-state index in [0.717, 1.165) is 0 Å². The average molecular weight is 293 g/mol. The molecule has 3 nitrogen and oxygen atoms in total. The monoisotopic (exact) mass is 293 g/mol. The summed E-state index contributed by atoms with van der Waals surface area (Å²) in [6.45, 7) is 1.85. The maximum absolute atomic E-state index is 12.3. The maximum Gasteiger partial charge on any atom is 0.401 e. The molecule has 1 saturated heterocycles. The van der Waals surface area contributed by atoms with Gasteiger partial charge in [0.15, 0.2) is 0 Å². The third-order valence-electron chi connectivity index (χ3n) is 3.35. The summed E-state index contributed by atoms with van der Waals surface area (Å²) in [6.07, 6.45) is -4.11. The molecule has 0 aliphatic carbocycles. The quantitative estimate of drug-likeness (QED) is 0.920. The number of thiophene rings is 1. The molecular formula is C12H18F3N3S. The fourth-order valence-corrected chi connectivity index (χ4v) is 3.29. The third kappa shape index (κ3) is 4.17. The van der Waals surface area contributed by atoms with E-state index in [2.05, 4.69) is 4.90 Å². The van der Waals surface area contributed by atoms with Gasteiger partial charge < -0.3 is 5.73 Å². The zero-order valence-corrected chi connectivity index (χ0v) is 11.4. The molecule has 2 N–H and O–H groups in total. The highest BCUT2D eigenvalue weighted by molar-refractivity contribution is 7.10. The van der Waals surface area contributed by atoms with Crippen LogP contribution in [0.15, 0.2) is 17.5 Å². The van der Waals surface area contributed by atoms with Crippen LogP contribution in [0.1, 0.15) is 10.9 Å². The highest BCUT2D eigenvalue weighted by Crippen LogP contribution is 2.26. The van der Waals surface area contributed by atoms with Crippen LogP contribution in [-0.4, -0.2) is 55.2 Å². The summed E-state index contributed by atoms with van der Waals surface area (Å²) in [6, 6.07) is 4.14. The highest BCUT2D eigenvalue weighted by atomic mass is 32.1. The number of nitrogens with two attached hydrogens (primary N) is 1. The van der Waals surface area contributed by atoms with Crippen molar-refractivity contribution in [2.24, 2.45) is 5.73 Å². The van der Waals surface area contributed by atoms with Crippen LogP contribution >= 0.6 is 11.3 Å². The fourth-order valence-electron chi connectivity index (χ4n) is 2.41. The van der Waals surface area contributed by atoms with Crippen molar-refractivity contribution in [3.63, 3.8) is 0 Å². The lowest BCUT2D eigenvalue weighted by Crippen LogP contribution is -2.51. The van der Waals surface area contributed by atoms with Crippen LogP contribution in [0.5, 0.6) is 0 Å². The third-order valence-corrected chi connectivity index (χ3v) is 4.32. The second-order valence-corrected chi connectivity index (χ2v) is 5.67. The molecule has 1 fully saturated rings. The smallest absolute Gasteiger partial charge is 0.329 e. The first-order chi connectivity index (χ1) is 8.99. The van der Waals surface area contributed by atoms with Crippen LogP contribution in [0.4, 0.5) is 13.2 Å². The summed E-state index contributed by atoms with van der Waals surface area (Å²) in [7, 11) is 0. The van der Waals surface area contributed by atoms with Gasteiger partial charge in [-0.15, -0.1) is 11.3 Å². The molecule has 19 heavy (non-hydrogen) atoms. The summed E-state index contributed by atoms with van der Waals surface area (Å²) in [4.78, 5) is 4.82. The van der Waals surface area contributed by atoms with Crippen molar-refractivity contribution >= 4 is 11.3 Å². The Kier molecular flexibility index (Phi) is 4.83. The summed E-state index contributed by atoms with van der Waals surface area (Å²) in [5.74, 6) is 0. The molecule has 108 valence electrons. The number of halogens is 3. The maximum atomic E-state index is 12.3. The summed E-state index contributed by atoms with van der Waals surface area (Å²) < 4.78 is 36.9. The van der Waals surface area contributed by atoms with Crippen molar-refractivity contribution in [3.05, 3.63) is 22.4 Å². The van der Waals surface area contributed by atoms with Gasteiger partial charge in [0.2, 0.25) is 0 Å². The van der Waals surface area contributed by atoms with Gasteiger partial charge in [0.05, 0.1) is 12.6 Å². The Hall–Kier alpha value is -0.630. The Morgan fingerprint density at radius 3 is 2.42 bits per heavy atom. The van der Waals surface area contributed by atoms with Gasteiger partial charge in [-0.2, -0.15) is 13.2 Å². The molecule has 1 unspecified atom stereocenters. The van der Waals surface area contributed by atoms with Gasteiger partial charge in [-0.3, -0.25) is 9.80 Å². The van der Waals surface area contributed by atoms with E-state index in [-0.39, 0.29) is 6.04 Å². The van der Waals surface area contributed by atoms with Gasteiger partial charge in [0.25, 0.3) is 0 Å².